The number of nitrogens with zero attached hydrogens (tertiary/aromatic N) is 6. The molecular formula is C23H27F3N6S. The molecule has 1 aliphatic carbocycles. The van der Waals surface area contributed by atoms with Crippen molar-refractivity contribution in [2.24, 2.45) is 12.5 Å². The van der Waals surface area contributed by atoms with Crippen LogP contribution in [-0.4, -0.2) is 55.0 Å². The third kappa shape index (κ3) is 6.32. The van der Waals surface area contributed by atoms with Gasteiger partial charge in [-0.2, -0.15) is 13.2 Å². The van der Waals surface area contributed by atoms with Gasteiger partial charge in [-0.15, -0.1) is 10.2 Å². The second-order valence-electron chi connectivity index (χ2n) is 8.55. The van der Waals surface area contributed by atoms with E-state index in [9.17, 15) is 13.2 Å². The molecule has 2 fully saturated rings. The summed E-state index contributed by atoms with van der Waals surface area (Å²) < 4.78 is 37.4. The van der Waals surface area contributed by atoms with E-state index in [2.05, 4.69) is 25.1 Å². The third-order valence-electron chi connectivity index (χ3n) is 6.05. The van der Waals surface area contributed by atoms with Crippen molar-refractivity contribution in [1.82, 2.24) is 29.6 Å². The number of thioether (sulfide) groups is 1. The number of benzene rings is 1. The molecule has 5 rings (SSSR count). The minimum atomic E-state index is -4.21. The van der Waals surface area contributed by atoms with Crippen molar-refractivity contribution in [2.45, 2.75) is 37.0 Å². The van der Waals surface area contributed by atoms with Crippen LogP contribution in [-0.2, 0) is 13.2 Å². The van der Waals surface area contributed by atoms with Crippen molar-refractivity contribution in [3.05, 3.63) is 54.5 Å². The highest BCUT2D eigenvalue weighted by Gasteiger charge is 2.47. The predicted octanol–water partition coefficient (Wildman–Crippen LogP) is 4.95. The molecule has 1 spiro atoms. The van der Waals surface area contributed by atoms with Gasteiger partial charge in [-0.25, -0.2) is 4.98 Å². The Bertz CT molecular complexity index is 1020. The average molecular weight is 477 g/mol. The fourth-order valence-electron chi connectivity index (χ4n) is 3.96. The van der Waals surface area contributed by atoms with Crippen molar-refractivity contribution in [3.63, 3.8) is 0 Å². The van der Waals surface area contributed by atoms with E-state index in [0.29, 0.717) is 0 Å². The van der Waals surface area contributed by atoms with Crippen molar-refractivity contribution in [2.75, 3.05) is 25.4 Å². The lowest BCUT2D eigenvalue weighted by Gasteiger charge is -2.15. The largest absolute Gasteiger partial charge is 0.416 e. The Kier molecular flexibility index (Phi) is 7.33. The van der Waals surface area contributed by atoms with Gasteiger partial charge in [0.1, 0.15) is 5.69 Å². The molecule has 10 heteroatoms. The molecule has 3 aromatic rings. The molecule has 0 unspecified atom stereocenters. The topological polar surface area (TPSA) is 59.7 Å². The van der Waals surface area contributed by atoms with Crippen LogP contribution in [0.1, 0.15) is 31.2 Å². The first-order chi connectivity index (χ1) is 15.9. The van der Waals surface area contributed by atoms with E-state index in [0.717, 1.165) is 40.0 Å². The number of halogens is 3. The van der Waals surface area contributed by atoms with Gasteiger partial charge in [0.2, 0.25) is 0 Å². The Balaban J connectivity index is 0.000000219. The van der Waals surface area contributed by atoms with Crippen molar-refractivity contribution >= 4 is 11.8 Å². The highest BCUT2D eigenvalue weighted by atomic mass is 32.2. The Morgan fingerprint density at radius 3 is 2.45 bits per heavy atom. The summed E-state index contributed by atoms with van der Waals surface area (Å²) in [6.45, 7) is 3.84. The molecule has 0 bridgehead atoms. The van der Waals surface area contributed by atoms with Gasteiger partial charge in [0.05, 0.1) is 11.8 Å². The van der Waals surface area contributed by atoms with Gasteiger partial charge in [0.15, 0.2) is 11.0 Å². The first-order valence-electron chi connectivity index (χ1n) is 11.0. The van der Waals surface area contributed by atoms with Crippen molar-refractivity contribution in [1.29, 1.82) is 0 Å². The number of hydrogen-bond donors (Lipinski definition) is 0. The number of alkyl halides is 3. The fourth-order valence-corrected chi connectivity index (χ4v) is 4.80. The summed E-state index contributed by atoms with van der Waals surface area (Å²) in [4.78, 5) is 11.0. The van der Waals surface area contributed by atoms with Gasteiger partial charge < -0.3 is 9.47 Å². The zero-order valence-electron chi connectivity index (χ0n) is 18.5. The molecule has 2 aliphatic rings. The van der Waals surface area contributed by atoms with E-state index >= 15 is 0 Å². The lowest BCUT2D eigenvalue weighted by atomic mass is 10.1. The van der Waals surface area contributed by atoms with Crippen molar-refractivity contribution < 1.29 is 13.2 Å². The quantitative estimate of drug-likeness (QED) is 0.371. The van der Waals surface area contributed by atoms with Crippen LogP contribution in [0.2, 0.25) is 0 Å². The monoisotopic (exact) mass is 476 g/mol. The number of aromatic nitrogens is 5. The average Bonchev–Trinajstić information content (AvgIpc) is 3.30. The van der Waals surface area contributed by atoms with Gasteiger partial charge in [-0.05, 0) is 44.2 Å². The Hall–Kier alpha value is -2.46. The first-order valence-corrected chi connectivity index (χ1v) is 12.0. The van der Waals surface area contributed by atoms with E-state index in [1.165, 1.54) is 57.5 Å². The maximum absolute atomic E-state index is 11.8. The molecule has 3 heterocycles. The lowest BCUT2D eigenvalue weighted by molar-refractivity contribution is -0.137. The number of hydrogen-bond acceptors (Lipinski definition) is 6. The molecule has 176 valence electrons. The summed E-state index contributed by atoms with van der Waals surface area (Å²) in [6.07, 6.45) is 6.41. The van der Waals surface area contributed by atoms with E-state index in [1.54, 1.807) is 36.4 Å². The molecule has 33 heavy (non-hydrogen) atoms. The standard InChI is InChI=1S/C16H22N6S.C7H5F3/c1-21-14(13-11-17-6-7-18-13)19-20-15(21)23-10-2-8-22-9-5-16(12-22)3-4-16;8-7(9,10)6-4-2-1-3-5-6/h6-7,11H,2-5,8-10,12H2,1H3;1-5H. The summed E-state index contributed by atoms with van der Waals surface area (Å²) in [7, 11) is 1.99. The molecule has 6 nitrogen and oxygen atoms in total. The second-order valence-corrected chi connectivity index (χ2v) is 9.61. The van der Waals surface area contributed by atoms with Crippen LogP contribution in [0, 0.1) is 5.41 Å². The SMILES string of the molecule is Cn1c(SCCCN2CCC3(CC3)C2)nnc1-c1cnccn1.FC(F)(F)c1ccccc1. The minimum absolute atomic E-state index is 0.602. The van der Waals surface area contributed by atoms with Gasteiger partial charge in [0, 0.05) is 31.7 Å². The van der Waals surface area contributed by atoms with Crippen molar-refractivity contribution in [3.8, 4) is 11.5 Å². The molecule has 1 aromatic carbocycles. The highest BCUT2D eigenvalue weighted by molar-refractivity contribution is 7.99. The van der Waals surface area contributed by atoms with Crippen LogP contribution in [0.5, 0.6) is 0 Å². The molecule has 0 N–H and O–H groups in total. The zero-order valence-corrected chi connectivity index (χ0v) is 19.3. The fraction of sp³-hybridized carbons (Fsp3) is 0.478. The Morgan fingerprint density at radius 1 is 1.06 bits per heavy atom. The van der Waals surface area contributed by atoms with Crippen LogP contribution in [0.4, 0.5) is 13.2 Å². The van der Waals surface area contributed by atoms with Gasteiger partial charge in [0.25, 0.3) is 0 Å². The maximum Gasteiger partial charge on any atom is 0.416 e. The van der Waals surface area contributed by atoms with Gasteiger partial charge in [-0.3, -0.25) is 4.98 Å². The minimum Gasteiger partial charge on any atom is -0.304 e. The van der Waals surface area contributed by atoms with Crippen LogP contribution < -0.4 is 0 Å². The molecule has 1 saturated heterocycles. The predicted molar refractivity (Wildman–Crippen MR) is 122 cm³/mol. The second kappa shape index (κ2) is 10.2. The van der Waals surface area contributed by atoms with E-state index in [4.69, 9.17) is 0 Å². The highest BCUT2D eigenvalue weighted by Crippen LogP contribution is 2.52. The smallest absolute Gasteiger partial charge is 0.304 e. The molecular weight excluding hydrogens is 449 g/mol. The summed E-state index contributed by atoms with van der Waals surface area (Å²) in [5, 5.41) is 9.49. The molecule has 0 atom stereocenters. The van der Waals surface area contributed by atoms with E-state index in [1.807, 2.05) is 11.6 Å². The van der Waals surface area contributed by atoms with Crippen LogP contribution >= 0.6 is 11.8 Å². The molecule has 1 aliphatic heterocycles. The maximum atomic E-state index is 11.8. The third-order valence-corrected chi connectivity index (χ3v) is 7.16. The van der Waals surface area contributed by atoms with Crippen LogP contribution in [0.3, 0.4) is 0 Å². The summed E-state index contributed by atoms with van der Waals surface area (Å²) in [6, 6.07) is 6.36. The van der Waals surface area contributed by atoms with Crippen LogP contribution in [0.15, 0.2) is 54.1 Å². The summed E-state index contributed by atoms with van der Waals surface area (Å²) in [5.74, 6) is 1.85. The number of rotatable bonds is 6. The first kappa shape index (κ1) is 23.7. The Labute approximate surface area is 195 Å². The number of likely N-dealkylation sites (tertiary alicyclic amines) is 1. The summed E-state index contributed by atoms with van der Waals surface area (Å²) in [5.41, 5.74) is 0.902. The van der Waals surface area contributed by atoms with E-state index < -0.39 is 11.7 Å². The normalized spacial score (nSPS) is 17.1. The molecule has 1 saturated carbocycles. The molecule has 2 aromatic heterocycles. The molecule has 0 amide bonds. The van der Waals surface area contributed by atoms with E-state index in [-0.39, 0.29) is 0 Å². The summed E-state index contributed by atoms with van der Waals surface area (Å²) >= 11 is 1.78. The Morgan fingerprint density at radius 2 is 1.85 bits per heavy atom. The van der Waals surface area contributed by atoms with Gasteiger partial charge >= 0.3 is 6.18 Å². The zero-order chi connectivity index (χ0) is 23.3. The van der Waals surface area contributed by atoms with Gasteiger partial charge in [-0.1, -0.05) is 42.1 Å². The lowest BCUT2D eigenvalue weighted by Crippen LogP contribution is -2.22. The molecule has 0 radical (unpaired) electrons. The van der Waals surface area contributed by atoms with Crippen LogP contribution in [0.25, 0.3) is 11.5 Å².